The van der Waals surface area contributed by atoms with Crippen molar-refractivity contribution in [3.8, 4) is 0 Å². The van der Waals surface area contributed by atoms with Crippen LogP contribution in [0.25, 0.3) is 0 Å². The first kappa shape index (κ1) is 16.0. The topological polar surface area (TPSA) is 34.1 Å². The smallest absolute Gasteiger partial charge is 0.188 e. The summed E-state index contributed by atoms with van der Waals surface area (Å²) in [4.78, 5) is 0.427. The van der Waals surface area contributed by atoms with Gasteiger partial charge < -0.3 is 0 Å². The molecule has 0 saturated heterocycles. The number of sulfone groups is 1. The van der Waals surface area contributed by atoms with Gasteiger partial charge in [-0.2, -0.15) is 0 Å². The molecule has 23 heavy (non-hydrogen) atoms. The Labute approximate surface area is 138 Å². The van der Waals surface area contributed by atoms with Gasteiger partial charge in [0, 0.05) is 0 Å². The van der Waals surface area contributed by atoms with Crippen molar-refractivity contribution in [2.75, 3.05) is 0 Å². The average Bonchev–Trinajstić information content (AvgIpc) is 2.52. The number of aryl methyl sites for hydroxylation is 1. The summed E-state index contributed by atoms with van der Waals surface area (Å²) in [7, 11) is -3.41. The minimum Gasteiger partial charge on any atom is -0.223 e. The van der Waals surface area contributed by atoms with Gasteiger partial charge in [-0.15, -0.1) is 6.58 Å². The van der Waals surface area contributed by atoms with Crippen LogP contribution in [-0.4, -0.2) is 8.42 Å². The van der Waals surface area contributed by atoms with Crippen molar-refractivity contribution in [1.29, 1.82) is 0 Å². The Morgan fingerprint density at radius 3 is 2.48 bits per heavy atom. The van der Waals surface area contributed by atoms with Crippen LogP contribution in [0.1, 0.15) is 36.0 Å². The number of allylic oxidation sites excluding steroid dienone is 1. The Morgan fingerprint density at radius 2 is 1.83 bits per heavy atom. The van der Waals surface area contributed by atoms with Crippen molar-refractivity contribution in [1.82, 2.24) is 0 Å². The van der Waals surface area contributed by atoms with E-state index in [-0.39, 0.29) is 0 Å². The van der Waals surface area contributed by atoms with Crippen molar-refractivity contribution < 1.29 is 8.42 Å². The van der Waals surface area contributed by atoms with Gasteiger partial charge in [0.2, 0.25) is 0 Å². The Bertz CT molecular complexity index is 819. The van der Waals surface area contributed by atoms with Crippen LogP contribution in [0.4, 0.5) is 0 Å². The summed E-state index contributed by atoms with van der Waals surface area (Å²) in [6.45, 7) is 5.72. The van der Waals surface area contributed by atoms with E-state index in [2.05, 4.69) is 6.58 Å². The first-order valence-corrected chi connectivity index (χ1v) is 9.50. The lowest BCUT2D eigenvalue weighted by atomic mass is 9.74. The first-order chi connectivity index (χ1) is 11.0. The fourth-order valence-electron chi connectivity index (χ4n) is 3.49. The third-order valence-electron chi connectivity index (χ3n) is 4.82. The third kappa shape index (κ3) is 2.53. The van der Waals surface area contributed by atoms with Crippen molar-refractivity contribution in [2.24, 2.45) is 0 Å². The Balaban J connectivity index is 2.06. The van der Waals surface area contributed by atoms with Crippen LogP contribution in [0.3, 0.4) is 0 Å². The van der Waals surface area contributed by atoms with Crippen LogP contribution in [0.15, 0.2) is 66.1 Å². The van der Waals surface area contributed by atoms with E-state index in [1.165, 1.54) is 0 Å². The van der Waals surface area contributed by atoms with E-state index in [1.54, 1.807) is 12.1 Å². The highest BCUT2D eigenvalue weighted by molar-refractivity contribution is 7.92. The molecule has 0 saturated carbocycles. The van der Waals surface area contributed by atoms with Crippen LogP contribution in [0.2, 0.25) is 0 Å². The summed E-state index contributed by atoms with van der Waals surface area (Å²) in [5.41, 5.74) is 3.20. The molecule has 0 spiro atoms. The maximum absolute atomic E-state index is 13.4. The zero-order chi connectivity index (χ0) is 16.5. The highest BCUT2D eigenvalue weighted by Crippen LogP contribution is 2.51. The van der Waals surface area contributed by atoms with Crippen LogP contribution in [-0.2, 0) is 21.0 Å². The highest BCUT2D eigenvalue weighted by Gasteiger charge is 2.52. The van der Waals surface area contributed by atoms with E-state index < -0.39 is 14.6 Å². The first-order valence-electron chi connectivity index (χ1n) is 8.02. The molecule has 0 fully saturated rings. The lowest BCUT2D eigenvalue weighted by Gasteiger charge is -2.43. The zero-order valence-electron chi connectivity index (χ0n) is 13.5. The summed E-state index contributed by atoms with van der Waals surface area (Å²) >= 11 is 0. The van der Waals surface area contributed by atoms with Crippen molar-refractivity contribution in [3.05, 3.63) is 77.9 Å². The molecule has 1 aliphatic rings. The molecule has 1 atom stereocenters. The molecule has 3 heteroatoms. The molecular formula is C20H22O2S. The van der Waals surface area contributed by atoms with E-state index in [4.69, 9.17) is 0 Å². The molecular weight excluding hydrogens is 304 g/mol. The van der Waals surface area contributed by atoms with Gasteiger partial charge in [0.25, 0.3) is 0 Å². The molecule has 2 aromatic carbocycles. The predicted molar refractivity (Wildman–Crippen MR) is 94.2 cm³/mol. The molecule has 1 unspecified atom stereocenters. The summed E-state index contributed by atoms with van der Waals surface area (Å²) in [5, 5.41) is 0. The van der Waals surface area contributed by atoms with Crippen molar-refractivity contribution >= 4 is 9.84 Å². The van der Waals surface area contributed by atoms with Crippen LogP contribution < -0.4 is 0 Å². The van der Waals surface area contributed by atoms with Gasteiger partial charge in [0.1, 0.15) is 4.75 Å². The number of hydrogen-bond donors (Lipinski definition) is 0. The molecule has 3 rings (SSSR count). The molecule has 2 aromatic rings. The molecule has 120 valence electrons. The molecule has 0 N–H and O–H groups in total. The van der Waals surface area contributed by atoms with Crippen molar-refractivity contribution in [3.63, 3.8) is 0 Å². The molecule has 0 heterocycles. The second-order valence-corrected chi connectivity index (χ2v) is 8.59. The maximum atomic E-state index is 13.4. The van der Waals surface area contributed by atoms with E-state index >= 15 is 0 Å². The maximum Gasteiger partial charge on any atom is 0.188 e. The number of fused-ring (bicyclic) bond motifs is 1. The summed E-state index contributed by atoms with van der Waals surface area (Å²) in [6.07, 6.45) is 4.79. The predicted octanol–water partition coefficient (Wildman–Crippen LogP) is 4.58. The van der Waals surface area contributed by atoms with Gasteiger partial charge in [0.05, 0.1) is 4.90 Å². The average molecular weight is 326 g/mol. The lowest BCUT2D eigenvalue weighted by molar-refractivity contribution is 0.437. The Hall–Kier alpha value is -1.87. The highest BCUT2D eigenvalue weighted by atomic mass is 32.2. The van der Waals surface area contributed by atoms with E-state index in [0.717, 1.165) is 29.5 Å². The van der Waals surface area contributed by atoms with Crippen LogP contribution >= 0.6 is 0 Å². The SMILES string of the molecule is C=CCCCC1(S(=O)(=O)c2ccc(C)cc2)Cc2ccccc21. The van der Waals surface area contributed by atoms with Gasteiger partial charge in [-0.05, 0) is 55.9 Å². The normalized spacial score (nSPS) is 19.7. The third-order valence-corrected chi connectivity index (χ3v) is 7.31. The van der Waals surface area contributed by atoms with Crippen molar-refractivity contribution in [2.45, 2.75) is 42.2 Å². The fourth-order valence-corrected chi connectivity index (χ4v) is 5.68. The second-order valence-electron chi connectivity index (χ2n) is 6.33. The van der Waals surface area contributed by atoms with E-state index in [1.807, 2.05) is 49.4 Å². The second kappa shape index (κ2) is 5.97. The molecule has 0 radical (unpaired) electrons. The summed E-state index contributed by atoms with van der Waals surface area (Å²) in [5.74, 6) is 0. The lowest BCUT2D eigenvalue weighted by Crippen LogP contribution is -2.46. The molecule has 0 aromatic heterocycles. The van der Waals surface area contributed by atoms with Gasteiger partial charge in [-0.25, -0.2) is 8.42 Å². The minimum atomic E-state index is -3.41. The zero-order valence-corrected chi connectivity index (χ0v) is 14.3. The Kier molecular flexibility index (Phi) is 4.15. The molecule has 0 aliphatic heterocycles. The van der Waals surface area contributed by atoms with Gasteiger partial charge >= 0.3 is 0 Å². The van der Waals surface area contributed by atoms with Gasteiger partial charge in [0.15, 0.2) is 9.84 Å². The molecule has 0 bridgehead atoms. The molecule has 0 amide bonds. The number of unbranched alkanes of at least 4 members (excludes halogenated alkanes) is 1. The summed E-state index contributed by atoms with van der Waals surface area (Å²) < 4.78 is 26.0. The number of benzene rings is 2. The van der Waals surface area contributed by atoms with E-state index in [0.29, 0.717) is 17.7 Å². The largest absolute Gasteiger partial charge is 0.223 e. The van der Waals surface area contributed by atoms with Gasteiger partial charge in [-0.3, -0.25) is 0 Å². The number of hydrogen-bond acceptors (Lipinski definition) is 2. The molecule has 1 aliphatic carbocycles. The number of rotatable bonds is 6. The standard InChI is InChI=1S/C20H22O2S/c1-3-4-7-14-20(15-17-8-5-6-9-19(17)20)23(21,22)18-12-10-16(2)11-13-18/h3,5-6,8-13H,1,4,7,14-15H2,2H3. The fraction of sp³-hybridized carbons (Fsp3) is 0.300. The van der Waals surface area contributed by atoms with Crippen LogP contribution in [0, 0.1) is 6.92 Å². The summed E-state index contributed by atoms with van der Waals surface area (Å²) in [6, 6.07) is 15.1. The quantitative estimate of drug-likeness (QED) is 0.575. The monoisotopic (exact) mass is 326 g/mol. The van der Waals surface area contributed by atoms with Crippen LogP contribution in [0.5, 0.6) is 0 Å². The van der Waals surface area contributed by atoms with Gasteiger partial charge in [-0.1, -0.05) is 48.0 Å². The van der Waals surface area contributed by atoms with E-state index in [9.17, 15) is 8.42 Å². The minimum absolute atomic E-state index is 0.427. The molecule has 2 nitrogen and oxygen atoms in total. The Morgan fingerprint density at radius 1 is 1.13 bits per heavy atom.